The fourth-order valence-corrected chi connectivity index (χ4v) is 3.20. The van der Waals surface area contributed by atoms with Crippen LogP contribution in [0.4, 0.5) is 4.39 Å². The molecule has 1 aromatic rings. The Morgan fingerprint density at radius 3 is 2.39 bits per heavy atom. The molecule has 0 aromatic heterocycles. The van der Waals surface area contributed by atoms with E-state index in [0.717, 1.165) is 0 Å². The highest BCUT2D eigenvalue weighted by Crippen LogP contribution is 2.48. The maximum atomic E-state index is 15.2. The Bertz CT molecular complexity index is 633. The van der Waals surface area contributed by atoms with Crippen LogP contribution in [0.5, 0.6) is 5.75 Å². The highest BCUT2D eigenvalue weighted by molar-refractivity contribution is 6.04. The number of carbonyl (C=O) groups is 2. The summed E-state index contributed by atoms with van der Waals surface area (Å²) in [6, 6.07) is 6.91. The largest absolute Gasteiger partial charge is 0.497 e. The van der Waals surface area contributed by atoms with Gasteiger partial charge in [-0.05, 0) is 30.5 Å². The molecule has 124 valence electrons. The van der Waals surface area contributed by atoms with Crippen LogP contribution in [0.3, 0.4) is 0 Å². The van der Waals surface area contributed by atoms with Gasteiger partial charge in [-0.15, -0.1) is 0 Å². The Morgan fingerprint density at radius 1 is 1.22 bits per heavy atom. The van der Waals surface area contributed by atoms with Gasteiger partial charge in [0.25, 0.3) is 0 Å². The lowest BCUT2D eigenvalue weighted by Gasteiger charge is -2.37. The second kappa shape index (κ2) is 5.51. The van der Waals surface area contributed by atoms with Crippen LogP contribution >= 0.6 is 0 Å². The van der Waals surface area contributed by atoms with E-state index in [4.69, 9.17) is 4.74 Å². The fraction of sp³-hybridized carbons (Fsp3) is 0.529. The number of benzene rings is 1. The van der Waals surface area contributed by atoms with Crippen LogP contribution in [0.2, 0.25) is 0 Å². The number of alkyl halides is 1. The molecule has 1 aliphatic heterocycles. The van der Waals surface area contributed by atoms with Crippen LogP contribution in [-0.4, -0.2) is 42.1 Å². The molecule has 2 fully saturated rings. The van der Waals surface area contributed by atoms with E-state index < -0.39 is 17.1 Å². The van der Waals surface area contributed by atoms with Crippen LogP contribution in [0.15, 0.2) is 24.3 Å². The Labute approximate surface area is 134 Å². The van der Waals surface area contributed by atoms with Crippen molar-refractivity contribution in [3.05, 3.63) is 29.8 Å². The van der Waals surface area contributed by atoms with Crippen molar-refractivity contribution in [3.63, 3.8) is 0 Å². The number of methoxy groups -OCH3 is 1. The number of carboxylic acid groups (broad SMARTS) is 1. The zero-order chi connectivity index (χ0) is 16.7. The lowest BCUT2D eigenvalue weighted by atomic mass is 9.85. The summed E-state index contributed by atoms with van der Waals surface area (Å²) in [6.45, 7) is 0.475. The number of hydrogen-bond donors (Lipinski definition) is 1. The Balaban J connectivity index is 1.70. The third-order valence-corrected chi connectivity index (χ3v) is 5.00. The third kappa shape index (κ3) is 2.66. The molecule has 0 atom stereocenters. The van der Waals surface area contributed by atoms with Crippen LogP contribution in [0, 0.1) is 5.41 Å². The van der Waals surface area contributed by atoms with E-state index in [9.17, 15) is 14.7 Å². The maximum absolute atomic E-state index is 15.2. The zero-order valence-corrected chi connectivity index (χ0v) is 13.0. The Kier molecular flexibility index (Phi) is 3.78. The zero-order valence-electron chi connectivity index (χ0n) is 13.0. The number of ether oxygens (including phenoxy) is 1. The number of hydrogen-bond acceptors (Lipinski definition) is 3. The number of carbonyl (C=O) groups excluding carboxylic acids is 1. The first kappa shape index (κ1) is 15.8. The minimum absolute atomic E-state index is 0.168. The molecule has 6 heteroatoms. The fourth-order valence-electron chi connectivity index (χ4n) is 3.20. The summed E-state index contributed by atoms with van der Waals surface area (Å²) in [4.78, 5) is 25.1. The second-order valence-corrected chi connectivity index (χ2v) is 6.38. The second-order valence-electron chi connectivity index (χ2n) is 6.38. The third-order valence-electron chi connectivity index (χ3n) is 5.00. The number of carboxylic acids is 1. The van der Waals surface area contributed by atoms with Gasteiger partial charge >= 0.3 is 5.97 Å². The molecule has 1 saturated carbocycles. The van der Waals surface area contributed by atoms with E-state index in [-0.39, 0.29) is 31.8 Å². The molecule has 0 bridgehead atoms. The van der Waals surface area contributed by atoms with Crippen molar-refractivity contribution in [2.24, 2.45) is 5.41 Å². The molecule has 1 saturated heterocycles. The van der Waals surface area contributed by atoms with Gasteiger partial charge in [0.15, 0.2) is 0 Å². The lowest BCUT2D eigenvalue weighted by molar-refractivity contribution is -0.154. The quantitative estimate of drug-likeness (QED) is 0.865. The van der Waals surface area contributed by atoms with E-state index in [2.05, 4.69) is 0 Å². The van der Waals surface area contributed by atoms with Gasteiger partial charge < -0.3 is 14.7 Å². The summed E-state index contributed by atoms with van der Waals surface area (Å²) < 4.78 is 20.4. The molecule has 0 radical (unpaired) electrons. The standard InChI is InChI=1S/C17H20FNO4/c1-23-13-4-2-3-12(11-13)17(18)7-9-19(10-8-17)14(20)16(5-6-16)15(21)22/h2-4,11H,5-10H2,1H3,(H,21,22). The highest BCUT2D eigenvalue weighted by Gasteiger charge is 2.59. The van der Waals surface area contributed by atoms with Crippen molar-refractivity contribution in [2.75, 3.05) is 20.2 Å². The van der Waals surface area contributed by atoms with E-state index in [1.807, 2.05) is 0 Å². The van der Waals surface area contributed by atoms with Crippen molar-refractivity contribution in [1.29, 1.82) is 0 Å². The molecule has 0 spiro atoms. The maximum Gasteiger partial charge on any atom is 0.319 e. The molecule has 1 amide bonds. The Hall–Kier alpha value is -2.11. The predicted molar refractivity (Wildman–Crippen MR) is 80.9 cm³/mol. The average Bonchev–Trinajstić information content (AvgIpc) is 3.37. The number of halogens is 1. The van der Waals surface area contributed by atoms with Gasteiger partial charge in [-0.3, -0.25) is 9.59 Å². The van der Waals surface area contributed by atoms with E-state index in [0.29, 0.717) is 24.2 Å². The number of aliphatic carboxylic acids is 1. The van der Waals surface area contributed by atoms with Gasteiger partial charge in [-0.2, -0.15) is 0 Å². The minimum Gasteiger partial charge on any atom is -0.497 e. The van der Waals surface area contributed by atoms with Gasteiger partial charge in [-0.25, -0.2) is 4.39 Å². The van der Waals surface area contributed by atoms with E-state index >= 15 is 4.39 Å². The molecule has 1 aliphatic carbocycles. The van der Waals surface area contributed by atoms with Gasteiger partial charge in [0.1, 0.15) is 16.8 Å². The summed E-state index contributed by atoms with van der Waals surface area (Å²) in [5.41, 5.74) is -2.21. The molecule has 2 aliphatic rings. The summed E-state index contributed by atoms with van der Waals surface area (Å²) in [6.07, 6.45) is 1.10. The van der Waals surface area contributed by atoms with Crippen LogP contribution in [0.25, 0.3) is 0 Å². The molecular formula is C17H20FNO4. The predicted octanol–water partition coefficient (Wildman–Crippen LogP) is 2.35. The number of amides is 1. The SMILES string of the molecule is COc1cccc(C2(F)CCN(C(=O)C3(C(=O)O)CC3)CC2)c1. The van der Waals surface area contributed by atoms with Crippen molar-refractivity contribution in [3.8, 4) is 5.75 Å². The van der Waals surface area contributed by atoms with Gasteiger partial charge in [0, 0.05) is 25.9 Å². The van der Waals surface area contributed by atoms with Crippen molar-refractivity contribution >= 4 is 11.9 Å². The number of piperidine rings is 1. The van der Waals surface area contributed by atoms with Crippen molar-refractivity contribution in [1.82, 2.24) is 4.90 Å². The van der Waals surface area contributed by atoms with Crippen LogP contribution in [-0.2, 0) is 15.3 Å². The van der Waals surface area contributed by atoms with Gasteiger partial charge in [-0.1, -0.05) is 12.1 Å². The number of rotatable bonds is 4. The summed E-state index contributed by atoms with van der Waals surface area (Å²) in [5.74, 6) is -0.828. The lowest BCUT2D eigenvalue weighted by Crippen LogP contribution is -2.47. The first-order valence-corrected chi connectivity index (χ1v) is 7.77. The van der Waals surface area contributed by atoms with Crippen LogP contribution < -0.4 is 4.74 Å². The van der Waals surface area contributed by atoms with Gasteiger partial charge in [0.2, 0.25) is 5.91 Å². The van der Waals surface area contributed by atoms with E-state index in [1.54, 1.807) is 24.3 Å². The molecular weight excluding hydrogens is 301 g/mol. The molecule has 1 N–H and O–H groups in total. The molecule has 5 nitrogen and oxygen atoms in total. The average molecular weight is 321 g/mol. The first-order chi connectivity index (χ1) is 10.9. The summed E-state index contributed by atoms with van der Waals surface area (Å²) in [5, 5.41) is 9.21. The number of likely N-dealkylation sites (tertiary alicyclic amines) is 1. The first-order valence-electron chi connectivity index (χ1n) is 7.77. The molecule has 0 unspecified atom stereocenters. The molecule has 1 aromatic carbocycles. The molecule has 23 heavy (non-hydrogen) atoms. The topological polar surface area (TPSA) is 66.8 Å². The summed E-state index contributed by atoms with van der Waals surface area (Å²) in [7, 11) is 1.53. The van der Waals surface area contributed by atoms with E-state index in [1.165, 1.54) is 12.0 Å². The van der Waals surface area contributed by atoms with Crippen LogP contribution in [0.1, 0.15) is 31.2 Å². The minimum atomic E-state index is -1.51. The number of nitrogens with zero attached hydrogens (tertiary/aromatic N) is 1. The van der Waals surface area contributed by atoms with Gasteiger partial charge in [0.05, 0.1) is 7.11 Å². The molecule has 3 rings (SSSR count). The Morgan fingerprint density at radius 2 is 1.87 bits per heavy atom. The smallest absolute Gasteiger partial charge is 0.319 e. The highest BCUT2D eigenvalue weighted by atomic mass is 19.1. The normalized spacial score (nSPS) is 21.6. The monoisotopic (exact) mass is 321 g/mol. The summed E-state index contributed by atoms with van der Waals surface area (Å²) >= 11 is 0. The van der Waals surface area contributed by atoms with Crippen molar-refractivity contribution in [2.45, 2.75) is 31.4 Å². The van der Waals surface area contributed by atoms with Crippen molar-refractivity contribution < 1.29 is 23.8 Å². The molecule has 1 heterocycles.